The lowest BCUT2D eigenvalue weighted by Gasteiger charge is -2.13. The highest BCUT2D eigenvalue weighted by Crippen LogP contribution is 2.24. The van der Waals surface area contributed by atoms with Crippen LogP contribution < -0.4 is 10.1 Å². The average molecular weight is 443 g/mol. The van der Waals surface area contributed by atoms with Gasteiger partial charge in [0.15, 0.2) is 0 Å². The third-order valence-electron chi connectivity index (χ3n) is 3.52. The second-order valence-electron chi connectivity index (χ2n) is 5.35. The molecule has 6 heteroatoms. The molecule has 2 nitrogen and oxygen atoms in total. The molecule has 0 fully saturated rings. The largest absolute Gasteiger partial charge is 0.489 e. The van der Waals surface area contributed by atoms with Crippen molar-refractivity contribution in [1.29, 1.82) is 0 Å². The smallest absolute Gasteiger partial charge is 0.124 e. The number of nitrogens with one attached hydrogen (secondary N) is 1. The Labute approximate surface area is 165 Å². The summed E-state index contributed by atoms with van der Waals surface area (Å²) < 4.78 is 19.9. The van der Waals surface area contributed by atoms with Gasteiger partial charge in [-0.1, -0.05) is 34.1 Å². The molecule has 0 unspecified atom stereocenters. The van der Waals surface area contributed by atoms with Crippen LogP contribution in [-0.4, -0.2) is 0 Å². The second-order valence-corrected chi connectivity index (χ2v) is 7.30. The van der Waals surface area contributed by atoms with Crippen LogP contribution in [0.3, 0.4) is 0 Å². The van der Waals surface area contributed by atoms with Crippen molar-refractivity contribution in [2.45, 2.75) is 19.7 Å². The van der Waals surface area contributed by atoms with Crippen LogP contribution in [0.4, 0.5) is 4.39 Å². The molecule has 2 aromatic carbocycles. The molecule has 0 spiro atoms. The van der Waals surface area contributed by atoms with E-state index in [0.29, 0.717) is 6.61 Å². The number of benzene rings is 2. The van der Waals surface area contributed by atoms with Crippen molar-refractivity contribution in [2.24, 2.45) is 0 Å². The Morgan fingerprint density at radius 1 is 1.04 bits per heavy atom. The van der Waals surface area contributed by atoms with Crippen molar-refractivity contribution < 1.29 is 9.13 Å². The summed E-state index contributed by atoms with van der Waals surface area (Å²) in [7, 11) is 0. The minimum atomic E-state index is -0.235. The van der Waals surface area contributed by atoms with Gasteiger partial charge in [-0.3, -0.25) is 0 Å². The van der Waals surface area contributed by atoms with E-state index in [1.807, 2.05) is 12.1 Å². The number of halogens is 3. The quantitative estimate of drug-likeness (QED) is 0.489. The molecule has 3 rings (SSSR count). The summed E-state index contributed by atoms with van der Waals surface area (Å²) in [6.45, 7) is 1.97. The van der Waals surface area contributed by atoms with E-state index in [2.05, 4.69) is 44.8 Å². The lowest BCUT2D eigenvalue weighted by Crippen LogP contribution is -2.13. The fourth-order valence-corrected chi connectivity index (χ4v) is 3.39. The molecule has 0 aliphatic carbocycles. The molecule has 0 atom stereocenters. The van der Waals surface area contributed by atoms with Gasteiger partial charge in [0, 0.05) is 28.0 Å². The van der Waals surface area contributed by atoms with Gasteiger partial charge >= 0.3 is 0 Å². The highest BCUT2D eigenvalue weighted by atomic mass is 79.9. The van der Waals surface area contributed by atoms with Crippen molar-refractivity contribution >= 4 is 39.7 Å². The van der Waals surface area contributed by atoms with Crippen LogP contribution >= 0.6 is 39.7 Å². The molecule has 1 heterocycles. The summed E-state index contributed by atoms with van der Waals surface area (Å²) in [6, 6.07) is 16.5. The molecule has 0 amide bonds. The van der Waals surface area contributed by atoms with E-state index < -0.39 is 0 Å². The summed E-state index contributed by atoms with van der Waals surface area (Å²) >= 11 is 5.25. The van der Waals surface area contributed by atoms with Gasteiger partial charge in [0.05, 0.1) is 0 Å². The first-order chi connectivity index (χ1) is 11.7. The fourth-order valence-electron chi connectivity index (χ4n) is 2.30. The molecule has 0 aliphatic rings. The third kappa shape index (κ3) is 6.12. The molecule has 1 aromatic heterocycles. The lowest BCUT2D eigenvalue weighted by molar-refractivity contribution is 0.302. The van der Waals surface area contributed by atoms with Gasteiger partial charge in [0.2, 0.25) is 0 Å². The molecular weight excluding hydrogens is 425 g/mol. The topological polar surface area (TPSA) is 21.3 Å². The Hall–Kier alpha value is -1.40. The van der Waals surface area contributed by atoms with Gasteiger partial charge in [-0.2, -0.15) is 0 Å². The van der Waals surface area contributed by atoms with E-state index in [9.17, 15) is 4.39 Å². The van der Waals surface area contributed by atoms with Gasteiger partial charge in [0.25, 0.3) is 0 Å². The summed E-state index contributed by atoms with van der Waals surface area (Å²) in [6.07, 6.45) is 0. The zero-order chi connectivity index (χ0) is 16.8. The number of hydrogen-bond acceptors (Lipinski definition) is 3. The van der Waals surface area contributed by atoms with E-state index >= 15 is 0 Å². The molecule has 0 saturated heterocycles. The van der Waals surface area contributed by atoms with Gasteiger partial charge < -0.3 is 10.1 Å². The normalized spacial score (nSPS) is 10.3. The molecule has 25 heavy (non-hydrogen) atoms. The van der Waals surface area contributed by atoms with E-state index in [-0.39, 0.29) is 18.2 Å². The fraction of sp³-hybridized carbons (Fsp3) is 0.158. The van der Waals surface area contributed by atoms with Gasteiger partial charge in [-0.25, -0.2) is 4.39 Å². The Kier molecular flexibility index (Phi) is 7.90. The Morgan fingerprint density at radius 3 is 2.56 bits per heavy atom. The maximum atomic E-state index is 13.0. The summed E-state index contributed by atoms with van der Waals surface area (Å²) in [5.74, 6) is 0.599. The Balaban J connectivity index is 0.00000225. The third-order valence-corrected chi connectivity index (χ3v) is 4.89. The van der Waals surface area contributed by atoms with E-state index in [4.69, 9.17) is 4.74 Å². The zero-order valence-electron chi connectivity index (χ0n) is 13.4. The van der Waals surface area contributed by atoms with Crippen LogP contribution in [0.15, 0.2) is 64.5 Å². The maximum absolute atomic E-state index is 13.0. The molecule has 132 valence electrons. The summed E-state index contributed by atoms with van der Waals surface area (Å²) in [5.41, 5.74) is 2.03. The van der Waals surface area contributed by atoms with E-state index in [1.165, 1.54) is 17.0 Å². The van der Waals surface area contributed by atoms with Crippen molar-refractivity contribution in [2.75, 3.05) is 0 Å². The van der Waals surface area contributed by atoms with Crippen LogP contribution in [-0.2, 0) is 19.7 Å². The molecule has 0 aliphatic heterocycles. The molecule has 1 N–H and O–H groups in total. The van der Waals surface area contributed by atoms with Crippen molar-refractivity contribution in [3.05, 3.63) is 86.3 Å². The van der Waals surface area contributed by atoms with Crippen molar-refractivity contribution in [3.63, 3.8) is 0 Å². The Bertz CT molecular complexity index is 781. The second kappa shape index (κ2) is 9.92. The maximum Gasteiger partial charge on any atom is 0.124 e. The molecule has 0 bridgehead atoms. The predicted octanol–water partition coefficient (Wildman–Crippen LogP) is 5.94. The van der Waals surface area contributed by atoms with Crippen LogP contribution in [0.2, 0.25) is 0 Å². The van der Waals surface area contributed by atoms with Crippen LogP contribution in [0.5, 0.6) is 5.75 Å². The van der Waals surface area contributed by atoms with Crippen molar-refractivity contribution in [3.8, 4) is 5.75 Å². The standard InChI is InChI=1S/C19H17BrFNOS.ClH/c20-16-5-8-19(23-13-14-3-6-17(21)7-4-14)15(10-16)11-22-12-18-2-1-9-24-18;/h1-10,22H,11-13H2;1H. The Morgan fingerprint density at radius 2 is 1.84 bits per heavy atom. The minimum absolute atomic E-state index is 0. The first kappa shape index (κ1) is 19.9. The van der Waals surface area contributed by atoms with Gasteiger partial charge in [-0.15, -0.1) is 23.7 Å². The predicted molar refractivity (Wildman–Crippen MR) is 107 cm³/mol. The number of thiophene rings is 1. The first-order valence-corrected chi connectivity index (χ1v) is 9.27. The van der Waals surface area contributed by atoms with Crippen LogP contribution in [0, 0.1) is 5.82 Å². The van der Waals surface area contributed by atoms with E-state index in [1.54, 1.807) is 23.5 Å². The molecule has 0 radical (unpaired) electrons. The monoisotopic (exact) mass is 441 g/mol. The van der Waals surface area contributed by atoms with Crippen molar-refractivity contribution in [1.82, 2.24) is 5.32 Å². The van der Waals surface area contributed by atoms with Gasteiger partial charge in [-0.05, 0) is 47.3 Å². The highest BCUT2D eigenvalue weighted by Gasteiger charge is 2.06. The minimum Gasteiger partial charge on any atom is -0.489 e. The van der Waals surface area contributed by atoms with Gasteiger partial charge in [0.1, 0.15) is 18.2 Å². The number of rotatable bonds is 7. The molecule has 3 aromatic rings. The molecular formula is C19H18BrClFNOS. The molecule has 0 saturated carbocycles. The lowest BCUT2D eigenvalue weighted by atomic mass is 10.2. The number of ether oxygens (including phenoxy) is 1. The van der Waals surface area contributed by atoms with Crippen LogP contribution in [0.1, 0.15) is 16.0 Å². The number of hydrogen-bond donors (Lipinski definition) is 1. The zero-order valence-corrected chi connectivity index (χ0v) is 16.6. The summed E-state index contributed by atoms with van der Waals surface area (Å²) in [5, 5.41) is 5.51. The van der Waals surface area contributed by atoms with E-state index in [0.717, 1.165) is 34.4 Å². The summed E-state index contributed by atoms with van der Waals surface area (Å²) in [4.78, 5) is 1.30. The SMILES string of the molecule is Cl.Fc1ccc(COc2ccc(Br)cc2CNCc2cccs2)cc1. The van der Waals surface area contributed by atoms with Crippen LogP contribution in [0.25, 0.3) is 0 Å². The average Bonchev–Trinajstić information content (AvgIpc) is 3.09. The highest BCUT2D eigenvalue weighted by molar-refractivity contribution is 9.10. The first-order valence-electron chi connectivity index (χ1n) is 7.59.